The Kier molecular flexibility index (Phi) is 11.6. The van der Waals surface area contributed by atoms with E-state index in [1.807, 2.05) is 65.6 Å². The van der Waals surface area contributed by atoms with Crippen molar-refractivity contribution in [2.75, 3.05) is 20.2 Å². The number of amides is 2. The Morgan fingerprint density at radius 3 is 2.24 bits per heavy atom. The highest BCUT2D eigenvalue weighted by molar-refractivity contribution is 6.42. The van der Waals surface area contributed by atoms with Gasteiger partial charge in [0, 0.05) is 32.4 Å². The van der Waals surface area contributed by atoms with Crippen LogP contribution < -0.4 is 4.74 Å². The van der Waals surface area contributed by atoms with Crippen LogP contribution in [-0.2, 0) is 38.6 Å². The minimum Gasteiger partial charge on any atom is -0.489 e. The lowest BCUT2D eigenvalue weighted by atomic mass is 9.93. The largest absolute Gasteiger partial charge is 0.489 e. The van der Waals surface area contributed by atoms with Crippen molar-refractivity contribution in [2.24, 2.45) is 10.9 Å². The average molecular weight is 610 g/mol. The second-order valence-electron chi connectivity index (χ2n) is 10.3. The fourth-order valence-electron chi connectivity index (χ4n) is 4.85. The molecule has 3 aromatic rings. The van der Waals surface area contributed by atoms with E-state index in [-0.39, 0.29) is 36.3 Å². The van der Waals surface area contributed by atoms with Crippen LogP contribution in [0, 0.1) is 5.92 Å². The molecular weight excluding hydrogens is 575 g/mol. The lowest BCUT2D eigenvalue weighted by Gasteiger charge is -2.31. The first-order valence-electron chi connectivity index (χ1n) is 14.0. The summed E-state index contributed by atoms with van der Waals surface area (Å²) in [6.45, 7) is 1.63. The van der Waals surface area contributed by atoms with E-state index in [1.54, 1.807) is 12.1 Å². The fourth-order valence-corrected chi connectivity index (χ4v) is 5.17. The van der Waals surface area contributed by atoms with Crippen LogP contribution in [0.2, 0.25) is 10.0 Å². The van der Waals surface area contributed by atoms with Crippen molar-refractivity contribution in [3.63, 3.8) is 0 Å². The molecule has 9 heteroatoms. The molecule has 0 N–H and O–H groups in total. The number of nitrogens with zero attached hydrogens (tertiary/aromatic N) is 2. The van der Waals surface area contributed by atoms with Gasteiger partial charge in [-0.1, -0.05) is 71.7 Å². The smallest absolute Gasteiger partial charge is 0.352 e. The molecule has 0 unspecified atom stereocenters. The minimum atomic E-state index is -0.629. The van der Waals surface area contributed by atoms with Crippen LogP contribution in [0.25, 0.3) is 0 Å². The number of halogens is 2. The molecule has 0 aromatic heterocycles. The van der Waals surface area contributed by atoms with Crippen LogP contribution in [0.3, 0.4) is 0 Å². The summed E-state index contributed by atoms with van der Waals surface area (Å²) in [6.07, 6.45) is 2.77. The molecular formula is C33H34Cl2N2O5. The van der Waals surface area contributed by atoms with Crippen molar-refractivity contribution in [2.45, 2.75) is 45.1 Å². The Hall–Kier alpha value is -3.68. The number of methoxy groups -OCH3 is 1. The molecule has 2 amide bonds. The molecule has 1 fully saturated rings. The van der Waals surface area contributed by atoms with Gasteiger partial charge < -0.3 is 14.4 Å². The molecule has 0 spiro atoms. The molecule has 1 saturated heterocycles. The summed E-state index contributed by atoms with van der Waals surface area (Å²) in [5.74, 6) is -0.110. The third-order valence-corrected chi connectivity index (χ3v) is 8.01. The summed E-state index contributed by atoms with van der Waals surface area (Å²) >= 11 is 12.0. The number of esters is 1. The van der Waals surface area contributed by atoms with Gasteiger partial charge in [0.1, 0.15) is 18.1 Å². The topological polar surface area (TPSA) is 85.3 Å². The molecule has 1 aliphatic heterocycles. The van der Waals surface area contributed by atoms with E-state index in [0.29, 0.717) is 61.2 Å². The summed E-state index contributed by atoms with van der Waals surface area (Å²) < 4.78 is 10.7. The molecule has 220 valence electrons. The van der Waals surface area contributed by atoms with Gasteiger partial charge in [-0.05, 0) is 66.1 Å². The van der Waals surface area contributed by atoms with E-state index >= 15 is 0 Å². The molecule has 0 saturated carbocycles. The van der Waals surface area contributed by atoms with Gasteiger partial charge in [-0.25, -0.2) is 9.79 Å². The maximum Gasteiger partial charge on any atom is 0.352 e. The summed E-state index contributed by atoms with van der Waals surface area (Å²) in [5, 5.41) is 0.970. The Morgan fingerprint density at radius 2 is 1.57 bits per heavy atom. The van der Waals surface area contributed by atoms with Crippen LogP contribution in [0.4, 0.5) is 0 Å². The van der Waals surface area contributed by atoms with E-state index < -0.39 is 5.97 Å². The summed E-state index contributed by atoms with van der Waals surface area (Å²) in [5.41, 5.74) is 2.91. The van der Waals surface area contributed by atoms with Crippen molar-refractivity contribution < 1.29 is 23.9 Å². The molecule has 0 radical (unpaired) electrons. The summed E-state index contributed by atoms with van der Waals surface area (Å²) in [7, 11) is 1.27. The molecule has 1 heterocycles. The van der Waals surface area contributed by atoms with E-state index in [0.717, 1.165) is 16.7 Å². The highest BCUT2D eigenvalue weighted by Gasteiger charge is 2.25. The third-order valence-electron chi connectivity index (χ3n) is 7.27. The number of hydrogen-bond donors (Lipinski definition) is 0. The van der Waals surface area contributed by atoms with Gasteiger partial charge in [-0.2, -0.15) is 0 Å². The highest BCUT2D eigenvalue weighted by atomic mass is 35.5. The average Bonchev–Trinajstić information content (AvgIpc) is 3.01. The van der Waals surface area contributed by atoms with Crippen molar-refractivity contribution in [1.29, 1.82) is 0 Å². The zero-order valence-corrected chi connectivity index (χ0v) is 25.1. The fraction of sp³-hybridized carbons (Fsp3) is 0.333. The van der Waals surface area contributed by atoms with Gasteiger partial charge in [0.25, 0.3) is 0 Å². The summed E-state index contributed by atoms with van der Waals surface area (Å²) in [6, 6.07) is 22.6. The van der Waals surface area contributed by atoms with Gasteiger partial charge in [-0.15, -0.1) is 0 Å². The second kappa shape index (κ2) is 15.5. The van der Waals surface area contributed by atoms with E-state index in [2.05, 4.69) is 4.99 Å². The first kappa shape index (κ1) is 31.3. The zero-order chi connectivity index (χ0) is 29.9. The predicted molar refractivity (Wildman–Crippen MR) is 164 cm³/mol. The Morgan fingerprint density at radius 1 is 0.881 bits per heavy atom. The molecule has 1 aliphatic rings. The number of likely N-dealkylation sites (tertiary alicyclic amines) is 1. The zero-order valence-electron chi connectivity index (χ0n) is 23.6. The van der Waals surface area contributed by atoms with Crippen LogP contribution in [-0.4, -0.2) is 48.6 Å². The number of ether oxygens (including phenoxy) is 2. The number of aryl methyl sites for hydroxylation is 1. The standard InChI is InChI=1S/C33H34Cl2N2O5/c1-41-33(40)30(20-24-7-11-27(12-8-24)42-22-26-5-3-2-4-6-26)36-31(38)21-25-15-17-37(18-16-25)32(39)14-10-23-9-13-28(34)29(35)19-23/h2-9,11-13,19,25H,10,14-18,20-22H2,1H3/b36-30+. The number of rotatable bonds is 11. The molecule has 3 aromatic carbocycles. The maximum absolute atomic E-state index is 12.8. The van der Waals surface area contributed by atoms with Crippen molar-refractivity contribution in [1.82, 2.24) is 4.90 Å². The second-order valence-corrected chi connectivity index (χ2v) is 11.1. The normalized spacial score (nSPS) is 14.0. The Bertz CT molecular complexity index is 1400. The van der Waals surface area contributed by atoms with Crippen molar-refractivity contribution in [3.8, 4) is 5.75 Å². The van der Waals surface area contributed by atoms with Crippen LogP contribution in [0.15, 0.2) is 77.8 Å². The summed E-state index contributed by atoms with van der Waals surface area (Å²) in [4.78, 5) is 43.9. The van der Waals surface area contributed by atoms with E-state index in [4.69, 9.17) is 32.7 Å². The monoisotopic (exact) mass is 608 g/mol. The van der Waals surface area contributed by atoms with E-state index in [9.17, 15) is 14.4 Å². The number of aliphatic imine (C=N–C) groups is 1. The molecule has 4 rings (SSSR count). The SMILES string of the molecule is COC(=O)/C(Cc1ccc(OCc2ccccc2)cc1)=N/C(=O)CC1CCN(C(=O)CCc2ccc(Cl)c(Cl)c2)CC1. The predicted octanol–water partition coefficient (Wildman–Crippen LogP) is 6.52. The van der Waals surface area contributed by atoms with Gasteiger partial charge >= 0.3 is 5.97 Å². The number of carbonyl (C=O) groups is 3. The molecule has 0 bridgehead atoms. The minimum absolute atomic E-state index is 0.0652. The number of piperidine rings is 1. The first-order valence-corrected chi connectivity index (χ1v) is 14.7. The number of benzene rings is 3. The first-order chi connectivity index (χ1) is 20.3. The van der Waals surface area contributed by atoms with Gasteiger partial charge in [0.05, 0.1) is 17.2 Å². The number of hydrogen-bond acceptors (Lipinski definition) is 5. The van der Waals surface area contributed by atoms with Crippen molar-refractivity contribution in [3.05, 3.63) is 99.5 Å². The molecule has 42 heavy (non-hydrogen) atoms. The molecule has 0 atom stereocenters. The van der Waals surface area contributed by atoms with Gasteiger partial charge in [-0.3, -0.25) is 9.59 Å². The Balaban J connectivity index is 1.25. The van der Waals surface area contributed by atoms with Gasteiger partial charge in [0.2, 0.25) is 11.8 Å². The van der Waals surface area contributed by atoms with Gasteiger partial charge in [0.15, 0.2) is 0 Å². The quantitative estimate of drug-likeness (QED) is 0.183. The van der Waals surface area contributed by atoms with Crippen molar-refractivity contribution >= 4 is 46.7 Å². The lowest BCUT2D eigenvalue weighted by molar-refractivity contribution is -0.134. The lowest BCUT2D eigenvalue weighted by Crippen LogP contribution is -2.39. The maximum atomic E-state index is 12.8. The van der Waals surface area contributed by atoms with Crippen LogP contribution in [0.1, 0.15) is 42.4 Å². The molecule has 7 nitrogen and oxygen atoms in total. The van der Waals surface area contributed by atoms with Crippen LogP contribution in [0.5, 0.6) is 5.75 Å². The third kappa shape index (κ3) is 9.43. The number of carbonyl (C=O) groups excluding carboxylic acids is 3. The van der Waals surface area contributed by atoms with Crippen LogP contribution >= 0.6 is 23.2 Å². The van der Waals surface area contributed by atoms with E-state index in [1.165, 1.54) is 7.11 Å². The highest BCUT2D eigenvalue weighted by Crippen LogP contribution is 2.25. The molecule has 0 aliphatic carbocycles. The Labute approximate surface area is 256 Å².